The number of hydrogen-bond donors (Lipinski definition) is 1. The zero-order chi connectivity index (χ0) is 19.7. The maximum atomic E-state index is 13.1. The van der Waals surface area contributed by atoms with Crippen molar-refractivity contribution in [3.63, 3.8) is 0 Å². The molecule has 0 saturated carbocycles. The maximum absolute atomic E-state index is 13.1. The van der Waals surface area contributed by atoms with Crippen LogP contribution in [0, 0.1) is 5.82 Å². The molecule has 28 heavy (non-hydrogen) atoms. The standard InChI is InChI=1S/C21H22FN3O3/c22-16-3-1-15(2-4-16)14-25-20(27)13-19(21(25)28)24-11-9-23(10-12-24)17-5-7-18(26)8-6-17/h1-8,19,26H,9-14H2/t19-/m1/s1. The van der Waals surface area contributed by atoms with Crippen molar-refractivity contribution in [2.45, 2.75) is 19.0 Å². The molecule has 2 aliphatic rings. The third-order valence-corrected chi connectivity index (χ3v) is 5.44. The quantitative estimate of drug-likeness (QED) is 0.818. The molecule has 2 aliphatic heterocycles. The van der Waals surface area contributed by atoms with Crippen LogP contribution < -0.4 is 4.90 Å². The number of aromatic hydroxyl groups is 1. The van der Waals surface area contributed by atoms with E-state index in [9.17, 15) is 19.1 Å². The van der Waals surface area contributed by atoms with Crippen molar-refractivity contribution in [1.82, 2.24) is 9.80 Å². The molecule has 2 fully saturated rings. The molecule has 0 aliphatic carbocycles. The molecule has 0 aromatic heterocycles. The summed E-state index contributed by atoms with van der Waals surface area (Å²) in [6.45, 7) is 3.06. The number of nitrogens with zero attached hydrogens (tertiary/aromatic N) is 3. The van der Waals surface area contributed by atoms with E-state index in [1.54, 1.807) is 24.3 Å². The van der Waals surface area contributed by atoms with Gasteiger partial charge in [-0.05, 0) is 42.0 Å². The highest BCUT2D eigenvalue weighted by Gasteiger charge is 2.42. The first-order valence-electron chi connectivity index (χ1n) is 9.38. The number of amides is 2. The van der Waals surface area contributed by atoms with Crippen molar-refractivity contribution in [1.29, 1.82) is 0 Å². The summed E-state index contributed by atoms with van der Waals surface area (Å²) < 4.78 is 13.1. The Kier molecular flexibility index (Phi) is 5.00. The molecule has 2 heterocycles. The monoisotopic (exact) mass is 383 g/mol. The van der Waals surface area contributed by atoms with Crippen LogP contribution in [0.15, 0.2) is 48.5 Å². The van der Waals surface area contributed by atoms with E-state index in [2.05, 4.69) is 9.80 Å². The van der Waals surface area contributed by atoms with E-state index in [1.807, 2.05) is 12.1 Å². The molecular formula is C21H22FN3O3. The first-order valence-corrected chi connectivity index (χ1v) is 9.38. The lowest BCUT2D eigenvalue weighted by Crippen LogP contribution is -2.52. The highest BCUT2D eigenvalue weighted by atomic mass is 19.1. The average Bonchev–Trinajstić information content (AvgIpc) is 2.99. The Morgan fingerprint density at radius 2 is 1.57 bits per heavy atom. The minimum Gasteiger partial charge on any atom is -0.508 e. The summed E-state index contributed by atoms with van der Waals surface area (Å²) in [5.74, 6) is -0.460. The number of hydrogen-bond acceptors (Lipinski definition) is 5. The van der Waals surface area contributed by atoms with Crippen LogP contribution in [0.25, 0.3) is 0 Å². The minimum absolute atomic E-state index is 0.174. The lowest BCUT2D eigenvalue weighted by Gasteiger charge is -2.38. The van der Waals surface area contributed by atoms with Crippen LogP contribution in [0.2, 0.25) is 0 Å². The number of benzene rings is 2. The predicted molar refractivity (Wildman–Crippen MR) is 102 cm³/mol. The second-order valence-electron chi connectivity index (χ2n) is 7.20. The summed E-state index contributed by atoms with van der Waals surface area (Å²) >= 11 is 0. The van der Waals surface area contributed by atoms with Crippen molar-refractivity contribution in [2.75, 3.05) is 31.1 Å². The molecule has 2 aromatic carbocycles. The van der Waals surface area contributed by atoms with Crippen molar-refractivity contribution >= 4 is 17.5 Å². The van der Waals surface area contributed by atoms with Crippen LogP contribution in [0.1, 0.15) is 12.0 Å². The number of imide groups is 1. The number of halogens is 1. The topological polar surface area (TPSA) is 64.1 Å². The van der Waals surface area contributed by atoms with E-state index in [0.717, 1.165) is 24.3 Å². The van der Waals surface area contributed by atoms with Crippen LogP contribution in [0.4, 0.5) is 10.1 Å². The number of piperazine rings is 1. The van der Waals surface area contributed by atoms with Crippen LogP contribution >= 0.6 is 0 Å². The fraction of sp³-hybridized carbons (Fsp3) is 0.333. The zero-order valence-corrected chi connectivity index (χ0v) is 15.4. The average molecular weight is 383 g/mol. The summed E-state index contributed by atoms with van der Waals surface area (Å²) in [5, 5.41) is 9.42. The molecule has 1 atom stereocenters. The zero-order valence-electron chi connectivity index (χ0n) is 15.4. The number of carbonyl (C=O) groups excluding carboxylic acids is 2. The number of carbonyl (C=O) groups is 2. The molecule has 2 aromatic rings. The molecule has 0 radical (unpaired) electrons. The Labute approximate surface area is 162 Å². The number of phenols is 1. The molecule has 0 spiro atoms. The molecule has 2 amide bonds. The molecule has 146 valence electrons. The van der Waals surface area contributed by atoms with Crippen LogP contribution in [-0.2, 0) is 16.1 Å². The van der Waals surface area contributed by atoms with Crippen LogP contribution in [0.5, 0.6) is 5.75 Å². The summed E-state index contributed by atoms with van der Waals surface area (Å²) in [4.78, 5) is 30.8. The summed E-state index contributed by atoms with van der Waals surface area (Å²) in [6, 6.07) is 12.5. The Bertz CT molecular complexity index is 861. The Balaban J connectivity index is 1.37. The van der Waals surface area contributed by atoms with E-state index in [-0.39, 0.29) is 36.3 Å². The van der Waals surface area contributed by atoms with Crippen LogP contribution in [-0.4, -0.2) is 58.9 Å². The number of likely N-dealkylation sites (tertiary alicyclic amines) is 1. The van der Waals surface area contributed by atoms with Gasteiger partial charge < -0.3 is 10.0 Å². The van der Waals surface area contributed by atoms with E-state index in [1.165, 1.54) is 17.0 Å². The normalized spacial score (nSPS) is 20.8. The van der Waals surface area contributed by atoms with E-state index in [4.69, 9.17) is 0 Å². The molecule has 0 bridgehead atoms. The largest absolute Gasteiger partial charge is 0.508 e. The van der Waals surface area contributed by atoms with E-state index in [0.29, 0.717) is 13.1 Å². The van der Waals surface area contributed by atoms with Gasteiger partial charge in [-0.1, -0.05) is 12.1 Å². The third kappa shape index (κ3) is 3.71. The molecule has 0 unspecified atom stereocenters. The molecule has 6 nitrogen and oxygen atoms in total. The Morgan fingerprint density at radius 3 is 2.21 bits per heavy atom. The third-order valence-electron chi connectivity index (χ3n) is 5.44. The predicted octanol–water partition coefficient (Wildman–Crippen LogP) is 1.98. The van der Waals surface area contributed by atoms with Gasteiger partial charge in [-0.25, -0.2) is 4.39 Å². The first-order chi connectivity index (χ1) is 13.5. The number of phenolic OH excluding ortho intramolecular Hbond substituents is 1. The number of anilines is 1. The van der Waals surface area contributed by atoms with Gasteiger partial charge in [0.15, 0.2) is 0 Å². The highest BCUT2D eigenvalue weighted by molar-refractivity contribution is 6.05. The second-order valence-corrected chi connectivity index (χ2v) is 7.20. The molecule has 2 saturated heterocycles. The van der Waals surface area contributed by atoms with Crippen molar-refractivity contribution in [3.8, 4) is 5.75 Å². The van der Waals surface area contributed by atoms with Gasteiger partial charge in [0, 0.05) is 31.9 Å². The van der Waals surface area contributed by atoms with Gasteiger partial charge in [0.1, 0.15) is 11.6 Å². The SMILES string of the molecule is O=C1C[C@@H](N2CCN(c3ccc(O)cc3)CC2)C(=O)N1Cc1ccc(F)cc1. The molecule has 4 rings (SSSR count). The van der Waals surface area contributed by atoms with E-state index < -0.39 is 6.04 Å². The highest BCUT2D eigenvalue weighted by Crippen LogP contribution is 2.25. The summed E-state index contributed by atoms with van der Waals surface area (Å²) in [5.41, 5.74) is 1.77. The first kappa shape index (κ1) is 18.4. The van der Waals surface area contributed by atoms with Gasteiger partial charge in [-0.15, -0.1) is 0 Å². The van der Waals surface area contributed by atoms with E-state index >= 15 is 0 Å². The smallest absolute Gasteiger partial charge is 0.247 e. The Hall–Kier alpha value is -2.93. The van der Waals surface area contributed by atoms with Crippen molar-refractivity contribution in [2.24, 2.45) is 0 Å². The molecular weight excluding hydrogens is 361 g/mol. The maximum Gasteiger partial charge on any atom is 0.247 e. The van der Waals surface area contributed by atoms with Crippen LogP contribution in [0.3, 0.4) is 0 Å². The van der Waals surface area contributed by atoms with Crippen molar-refractivity contribution in [3.05, 3.63) is 59.9 Å². The van der Waals surface area contributed by atoms with Gasteiger partial charge in [0.25, 0.3) is 0 Å². The molecule has 7 heteroatoms. The molecule has 1 N–H and O–H groups in total. The van der Waals surface area contributed by atoms with Gasteiger partial charge in [-0.3, -0.25) is 19.4 Å². The van der Waals surface area contributed by atoms with Gasteiger partial charge in [0.05, 0.1) is 19.0 Å². The second kappa shape index (κ2) is 7.59. The Morgan fingerprint density at radius 1 is 0.929 bits per heavy atom. The minimum atomic E-state index is -0.421. The number of rotatable bonds is 4. The van der Waals surface area contributed by atoms with Gasteiger partial charge >= 0.3 is 0 Å². The lowest BCUT2D eigenvalue weighted by atomic mass is 10.1. The fourth-order valence-corrected chi connectivity index (χ4v) is 3.84. The summed E-state index contributed by atoms with van der Waals surface area (Å²) in [7, 11) is 0. The van der Waals surface area contributed by atoms with Crippen molar-refractivity contribution < 1.29 is 19.1 Å². The van der Waals surface area contributed by atoms with Gasteiger partial charge in [-0.2, -0.15) is 0 Å². The fourth-order valence-electron chi connectivity index (χ4n) is 3.84. The van der Waals surface area contributed by atoms with Gasteiger partial charge in [0.2, 0.25) is 11.8 Å². The lowest BCUT2D eigenvalue weighted by molar-refractivity contribution is -0.140. The summed E-state index contributed by atoms with van der Waals surface area (Å²) in [6.07, 6.45) is 0.194.